The molecule has 1 atom stereocenters. The predicted octanol–water partition coefficient (Wildman–Crippen LogP) is 7.35. The van der Waals surface area contributed by atoms with Crippen LogP contribution in [-0.2, 0) is 6.42 Å². The van der Waals surface area contributed by atoms with Crippen molar-refractivity contribution in [2.75, 3.05) is 6.54 Å². The number of hydrogen-bond acceptors (Lipinski definition) is 3. The third kappa shape index (κ3) is 5.22. The van der Waals surface area contributed by atoms with E-state index in [1.165, 1.54) is 5.56 Å². The Labute approximate surface area is 229 Å². The maximum Gasteiger partial charge on any atom is 0.266 e. The minimum absolute atomic E-state index is 0.0587. The van der Waals surface area contributed by atoms with Crippen molar-refractivity contribution >= 4 is 27.6 Å². The zero-order valence-electron chi connectivity index (χ0n) is 23.1. The van der Waals surface area contributed by atoms with Gasteiger partial charge in [-0.15, -0.1) is 0 Å². The summed E-state index contributed by atoms with van der Waals surface area (Å²) in [6, 6.07) is 29.0. The second-order valence-electron chi connectivity index (χ2n) is 10.5. The van der Waals surface area contributed by atoms with Crippen molar-refractivity contribution in [1.29, 1.82) is 0 Å². The highest BCUT2D eigenvalue weighted by Crippen LogP contribution is 2.29. The van der Waals surface area contributed by atoms with Crippen molar-refractivity contribution in [1.82, 2.24) is 14.5 Å². The first-order valence-corrected chi connectivity index (χ1v) is 13.8. The average Bonchev–Trinajstić information content (AvgIpc) is 2.96. The van der Waals surface area contributed by atoms with Crippen LogP contribution in [0.3, 0.4) is 0 Å². The van der Waals surface area contributed by atoms with Crippen molar-refractivity contribution < 1.29 is 4.79 Å². The standard InChI is InChI=1S/C34H35N3O2/c1-5-24-15-19-28(20-16-24)37-32(35-30-14-10-9-13-29(30)34(37)39)31(6-2)36(22-23(3)4)33(38)27-18-17-25-11-7-8-12-26(25)21-27/h7-21,23,31H,5-6,22H2,1-4H3. The molecule has 0 saturated carbocycles. The molecule has 5 aromatic rings. The lowest BCUT2D eigenvalue weighted by atomic mass is 10.0. The summed E-state index contributed by atoms with van der Waals surface area (Å²) in [6.07, 6.45) is 1.53. The third-order valence-electron chi connectivity index (χ3n) is 7.28. The maximum absolute atomic E-state index is 14.2. The molecule has 0 aliphatic rings. The number of amides is 1. The van der Waals surface area contributed by atoms with Crippen molar-refractivity contribution in [2.24, 2.45) is 5.92 Å². The van der Waals surface area contributed by atoms with Gasteiger partial charge in [-0.25, -0.2) is 4.98 Å². The Bertz CT molecular complexity index is 1690. The van der Waals surface area contributed by atoms with Crippen LogP contribution in [0, 0.1) is 5.92 Å². The van der Waals surface area contributed by atoms with Crippen LogP contribution >= 0.6 is 0 Å². The summed E-state index contributed by atoms with van der Waals surface area (Å²) in [4.78, 5) is 35.1. The van der Waals surface area contributed by atoms with Crippen molar-refractivity contribution in [3.63, 3.8) is 0 Å². The summed E-state index contributed by atoms with van der Waals surface area (Å²) in [6.45, 7) is 8.92. The molecular formula is C34H35N3O2. The van der Waals surface area contributed by atoms with Crippen molar-refractivity contribution in [3.8, 4) is 5.69 Å². The molecule has 0 aliphatic carbocycles. The van der Waals surface area contributed by atoms with E-state index in [0.717, 1.165) is 22.9 Å². The van der Waals surface area contributed by atoms with Gasteiger partial charge in [-0.05, 0) is 71.5 Å². The first-order valence-electron chi connectivity index (χ1n) is 13.8. The molecular weight excluding hydrogens is 482 g/mol. The van der Waals surface area contributed by atoms with Gasteiger partial charge in [0, 0.05) is 12.1 Å². The summed E-state index contributed by atoms with van der Waals surface area (Å²) >= 11 is 0. The summed E-state index contributed by atoms with van der Waals surface area (Å²) in [5, 5.41) is 2.68. The number of fused-ring (bicyclic) bond motifs is 2. The van der Waals surface area contributed by atoms with E-state index in [9.17, 15) is 9.59 Å². The Morgan fingerprint density at radius 2 is 1.56 bits per heavy atom. The summed E-state index contributed by atoms with van der Waals surface area (Å²) in [5.74, 6) is 0.754. The van der Waals surface area contributed by atoms with E-state index in [0.29, 0.717) is 35.3 Å². The minimum atomic E-state index is -0.394. The SMILES string of the molecule is CCc1ccc(-n2c(C(CC)N(CC(C)C)C(=O)c3ccc4ccccc4c3)nc3ccccc3c2=O)cc1. The van der Waals surface area contributed by atoms with Crippen LogP contribution in [0.15, 0.2) is 95.8 Å². The number of rotatable bonds is 8. The van der Waals surface area contributed by atoms with E-state index in [-0.39, 0.29) is 17.4 Å². The van der Waals surface area contributed by atoms with Gasteiger partial charge in [0.15, 0.2) is 0 Å². The van der Waals surface area contributed by atoms with E-state index in [2.05, 4.69) is 27.7 Å². The Hall–Kier alpha value is -4.25. The fourth-order valence-electron chi connectivity index (χ4n) is 5.28. The van der Waals surface area contributed by atoms with E-state index in [1.807, 2.05) is 95.9 Å². The molecule has 1 heterocycles. The molecule has 5 heteroatoms. The Balaban J connectivity index is 1.69. The number of para-hydroxylation sites is 1. The molecule has 4 aromatic carbocycles. The quantitative estimate of drug-likeness (QED) is 0.216. The lowest BCUT2D eigenvalue weighted by molar-refractivity contribution is 0.0631. The highest BCUT2D eigenvalue weighted by atomic mass is 16.2. The highest BCUT2D eigenvalue weighted by Gasteiger charge is 2.30. The number of aromatic nitrogens is 2. The lowest BCUT2D eigenvalue weighted by Gasteiger charge is -2.33. The molecule has 0 saturated heterocycles. The molecule has 1 unspecified atom stereocenters. The van der Waals surface area contributed by atoms with E-state index in [4.69, 9.17) is 4.98 Å². The monoisotopic (exact) mass is 517 g/mol. The highest BCUT2D eigenvalue weighted by molar-refractivity contribution is 5.98. The van der Waals surface area contributed by atoms with Gasteiger partial charge < -0.3 is 4.90 Å². The minimum Gasteiger partial charge on any atom is -0.328 e. The molecule has 0 fully saturated rings. The van der Waals surface area contributed by atoms with Crippen LogP contribution in [-0.4, -0.2) is 26.9 Å². The number of carbonyl (C=O) groups excluding carboxylic acids is 1. The fourth-order valence-corrected chi connectivity index (χ4v) is 5.28. The molecule has 0 radical (unpaired) electrons. The molecule has 198 valence electrons. The van der Waals surface area contributed by atoms with Crippen LogP contribution in [0.4, 0.5) is 0 Å². The maximum atomic E-state index is 14.2. The molecule has 39 heavy (non-hydrogen) atoms. The van der Waals surface area contributed by atoms with Crippen LogP contribution in [0.5, 0.6) is 0 Å². The first-order chi connectivity index (χ1) is 18.9. The zero-order valence-corrected chi connectivity index (χ0v) is 23.1. The number of hydrogen-bond donors (Lipinski definition) is 0. The molecule has 1 amide bonds. The Kier molecular flexibility index (Phi) is 7.60. The first kappa shape index (κ1) is 26.4. The number of nitrogens with zero attached hydrogens (tertiary/aromatic N) is 3. The Morgan fingerprint density at radius 1 is 0.872 bits per heavy atom. The lowest BCUT2D eigenvalue weighted by Crippen LogP contribution is -2.40. The summed E-state index contributed by atoms with van der Waals surface area (Å²) < 4.78 is 1.71. The summed E-state index contributed by atoms with van der Waals surface area (Å²) in [5.41, 5.74) is 3.10. The van der Waals surface area contributed by atoms with Gasteiger partial charge in [0.25, 0.3) is 11.5 Å². The van der Waals surface area contributed by atoms with Crippen molar-refractivity contribution in [2.45, 2.75) is 46.6 Å². The van der Waals surface area contributed by atoms with E-state index in [1.54, 1.807) is 4.57 Å². The summed E-state index contributed by atoms with van der Waals surface area (Å²) in [7, 11) is 0. The van der Waals surface area contributed by atoms with Gasteiger partial charge in [-0.2, -0.15) is 0 Å². The third-order valence-corrected chi connectivity index (χ3v) is 7.28. The average molecular weight is 518 g/mol. The van der Waals surface area contributed by atoms with Crippen molar-refractivity contribution in [3.05, 3.63) is 118 Å². The molecule has 1 aromatic heterocycles. The largest absolute Gasteiger partial charge is 0.328 e. The number of benzene rings is 4. The van der Waals surface area contributed by atoms with Gasteiger partial charge in [0.05, 0.1) is 22.6 Å². The van der Waals surface area contributed by atoms with Gasteiger partial charge >= 0.3 is 0 Å². The second-order valence-corrected chi connectivity index (χ2v) is 10.5. The topological polar surface area (TPSA) is 55.2 Å². The smallest absolute Gasteiger partial charge is 0.266 e. The number of aryl methyl sites for hydroxylation is 1. The van der Waals surface area contributed by atoms with Gasteiger partial charge in [0.2, 0.25) is 0 Å². The van der Waals surface area contributed by atoms with Gasteiger partial charge in [0.1, 0.15) is 5.82 Å². The van der Waals surface area contributed by atoms with Crippen LogP contribution < -0.4 is 5.56 Å². The molecule has 5 nitrogen and oxygen atoms in total. The molecule has 0 N–H and O–H groups in total. The van der Waals surface area contributed by atoms with Crippen LogP contribution in [0.2, 0.25) is 0 Å². The fraction of sp³-hybridized carbons (Fsp3) is 0.265. The number of carbonyl (C=O) groups is 1. The predicted molar refractivity (Wildman–Crippen MR) is 160 cm³/mol. The zero-order chi connectivity index (χ0) is 27.5. The van der Waals surface area contributed by atoms with E-state index >= 15 is 0 Å². The van der Waals surface area contributed by atoms with Crippen LogP contribution in [0.1, 0.15) is 61.9 Å². The molecule has 0 bridgehead atoms. The molecule has 0 aliphatic heterocycles. The Morgan fingerprint density at radius 3 is 2.26 bits per heavy atom. The van der Waals surface area contributed by atoms with E-state index < -0.39 is 6.04 Å². The second kappa shape index (κ2) is 11.2. The normalized spacial score (nSPS) is 12.2. The molecule has 0 spiro atoms. The van der Waals surface area contributed by atoms with Gasteiger partial charge in [-0.3, -0.25) is 14.2 Å². The van der Waals surface area contributed by atoms with Crippen LogP contribution in [0.25, 0.3) is 27.4 Å². The molecule has 5 rings (SSSR count). The van der Waals surface area contributed by atoms with Gasteiger partial charge in [-0.1, -0.05) is 82.3 Å².